The number of hydrogen-bond donors (Lipinski definition) is 1. The highest BCUT2D eigenvalue weighted by Gasteiger charge is 2.44. The van der Waals surface area contributed by atoms with Gasteiger partial charge in [0, 0.05) is 37.2 Å². The van der Waals surface area contributed by atoms with Crippen molar-refractivity contribution in [1.82, 2.24) is 15.1 Å². The first-order valence-corrected chi connectivity index (χ1v) is 13.4. The van der Waals surface area contributed by atoms with E-state index in [1.165, 1.54) is 7.11 Å². The van der Waals surface area contributed by atoms with Gasteiger partial charge in [0.2, 0.25) is 5.91 Å². The highest BCUT2D eigenvalue weighted by atomic mass is 16.6. The number of nitrogens with one attached hydrogen (secondary N) is 1. The SMILES string of the molecule is COC(=O)c1ccc(COc2ccccc2CN2CCC3(CCN(C(=O)CNC(=O)OC(C)(C)C)C3)C2)cc1. The van der Waals surface area contributed by atoms with E-state index >= 15 is 0 Å². The number of esters is 1. The van der Waals surface area contributed by atoms with Gasteiger partial charge in [-0.1, -0.05) is 30.3 Å². The predicted molar refractivity (Wildman–Crippen MR) is 146 cm³/mol. The van der Waals surface area contributed by atoms with Crippen molar-refractivity contribution < 1.29 is 28.6 Å². The Bertz CT molecular complexity index is 1180. The van der Waals surface area contributed by atoms with Gasteiger partial charge in [-0.05, 0) is 63.9 Å². The van der Waals surface area contributed by atoms with Crippen LogP contribution in [-0.2, 0) is 27.4 Å². The maximum absolute atomic E-state index is 12.7. The molecule has 2 aromatic carbocycles. The lowest BCUT2D eigenvalue weighted by atomic mass is 9.86. The molecule has 2 aliphatic rings. The van der Waals surface area contributed by atoms with Crippen LogP contribution in [0.4, 0.5) is 4.79 Å². The first-order valence-electron chi connectivity index (χ1n) is 13.4. The molecule has 0 bridgehead atoms. The third-order valence-corrected chi connectivity index (χ3v) is 7.23. The molecule has 39 heavy (non-hydrogen) atoms. The second kappa shape index (κ2) is 12.1. The molecule has 4 rings (SSSR count). The molecular weight excluding hydrogens is 498 g/mol. The summed E-state index contributed by atoms with van der Waals surface area (Å²) in [4.78, 5) is 40.6. The highest BCUT2D eigenvalue weighted by molar-refractivity contribution is 5.89. The number of carbonyl (C=O) groups is 3. The molecular formula is C30H39N3O6. The molecule has 9 nitrogen and oxygen atoms in total. The van der Waals surface area contributed by atoms with Crippen LogP contribution >= 0.6 is 0 Å². The summed E-state index contributed by atoms with van der Waals surface area (Å²) in [6.07, 6.45) is 1.42. The summed E-state index contributed by atoms with van der Waals surface area (Å²) in [5.41, 5.74) is 2.08. The van der Waals surface area contributed by atoms with Gasteiger partial charge in [-0.3, -0.25) is 9.69 Å². The number of likely N-dealkylation sites (tertiary alicyclic amines) is 2. The van der Waals surface area contributed by atoms with Gasteiger partial charge >= 0.3 is 12.1 Å². The third kappa shape index (κ3) is 7.72. The molecule has 0 saturated carbocycles. The highest BCUT2D eigenvalue weighted by Crippen LogP contribution is 2.40. The van der Waals surface area contributed by atoms with E-state index in [1.54, 1.807) is 32.9 Å². The fraction of sp³-hybridized carbons (Fsp3) is 0.500. The fourth-order valence-electron chi connectivity index (χ4n) is 5.25. The van der Waals surface area contributed by atoms with Gasteiger partial charge in [0.1, 0.15) is 24.5 Å². The molecule has 2 amide bonds. The topological polar surface area (TPSA) is 97.4 Å². The summed E-state index contributed by atoms with van der Waals surface area (Å²) in [6, 6.07) is 15.3. The maximum Gasteiger partial charge on any atom is 0.408 e. The van der Waals surface area contributed by atoms with Crippen LogP contribution < -0.4 is 10.1 Å². The van der Waals surface area contributed by atoms with Crippen LogP contribution in [-0.4, -0.2) is 73.2 Å². The molecule has 1 N–H and O–H groups in total. The van der Waals surface area contributed by atoms with Gasteiger partial charge in [-0.15, -0.1) is 0 Å². The van der Waals surface area contributed by atoms with Gasteiger partial charge in [-0.2, -0.15) is 0 Å². The van der Waals surface area contributed by atoms with Crippen molar-refractivity contribution in [1.29, 1.82) is 0 Å². The second-order valence-corrected chi connectivity index (χ2v) is 11.5. The number of para-hydroxylation sites is 1. The molecule has 210 valence electrons. The van der Waals surface area contributed by atoms with E-state index in [9.17, 15) is 14.4 Å². The Balaban J connectivity index is 1.27. The Morgan fingerprint density at radius 3 is 2.41 bits per heavy atom. The first-order chi connectivity index (χ1) is 18.6. The number of amides is 2. The number of methoxy groups -OCH3 is 1. The lowest BCUT2D eigenvalue weighted by molar-refractivity contribution is -0.129. The molecule has 0 aliphatic carbocycles. The molecule has 2 fully saturated rings. The zero-order valence-electron chi connectivity index (χ0n) is 23.3. The van der Waals surface area contributed by atoms with Crippen molar-refractivity contribution in [2.75, 3.05) is 39.8 Å². The number of nitrogens with zero attached hydrogens (tertiary/aromatic N) is 2. The fourth-order valence-corrected chi connectivity index (χ4v) is 5.25. The standard InChI is InChI=1S/C30H39N3O6/c1-29(2,3)39-28(36)31-17-26(34)33-16-14-30(21-33)13-15-32(20-30)18-24-7-5-6-8-25(24)38-19-22-9-11-23(12-10-22)27(35)37-4/h5-12H,13-21H2,1-4H3,(H,31,36). The van der Waals surface area contributed by atoms with E-state index in [0.717, 1.165) is 49.4 Å². The summed E-state index contributed by atoms with van der Waals surface area (Å²) >= 11 is 0. The van der Waals surface area contributed by atoms with Gasteiger partial charge in [0.05, 0.1) is 12.7 Å². The normalized spacial score (nSPS) is 19.2. The summed E-state index contributed by atoms with van der Waals surface area (Å²) in [7, 11) is 1.37. The number of alkyl carbamates (subject to hydrolysis) is 1. The first kappa shape index (κ1) is 28.4. The van der Waals surface area contributed by atoms with Crippen LogP contribution in [0.3, 0.4) is 0 Å². The summed E-state index contributed by atoms with van der Waals surface area (Å²) in [6.45, 7) is 9.79. The Labute approximate surface area is 230 Å². The largest absolute Gasteiger partial charge is 0.489 e. The van der Waals surface area contributed by atoms with Crippen molar-refractivity contribution in [3.05, 3.63) is 65.2 Å². The van der Waals surface area contributed by atoms with Crippen molar-refractivity contribution in [2.45, 2.75) is 52.4 Å². The minimum atomic E-state index is -0.598. The average molecular weight is 538 g/mol. The van der Waals surface area contributed by atoms with E-state index in [0.29, 0.717) is 25.3 Å². The lowest BCUT2D eigenvalue weighted by Crippen LogP contribution is -2.42. The molecule has 1 atom stereocenters. The van der Waals surface area contributed by atoms with Crippen LogP contribution in [0.1, 0.15) is 55.1 Å². The Morgan fingerprint density at radius 2 is 1.69 bits per heavy atom. The molecule has 0 radical (unpaired) electrons. The Hall–Kier alpha value is -3.59. The summed E-state index contributed by atoms with van der Waals surface area (Å²) < 4.78 is 16.1. The number of ether oxygens (including phenoxy) is 3. The zero-order chi connectivity index (χ0) is 28.0. The third-order valence-electron chi connectivity index (χ3n) is 7.23. The minimum Gasteiger partial charge on any atom is -0.489 e. The molecule has 9 heteroatoms. The monoisotopic (exact) mass is 537 g/mol. The van der Waals surface area contributed by atoms with E-state index < -0.39 is 11.7 Å². The van der Waals surface area contributed by atoms with E-state index in [2.05, 4.69) is 16.3 Å². The van der Waals surface area contributed by atoms with Gasteiger partial charge in [0.25, 0.3) is 0 Å². The number of hydrogen-bond acceptors (Lipinski definition) is 7. The smallest absolute Gasteiger partial charge is 0.408 e. The average Bonchev–Trinajstić information content (AvgIpc) is 3.51. The van der Waals surface area contributed by atoms with Crippen molar-refractivity contribution >= 4 is 18.0 Å². The van der Waals surface area contributed by atoms with Gasteiger partial charge in [-0.25, -0.2) is 9.59 Å². The Kier molecular flexibility index (Phi) is 8.80. The van der Waals surface area contributed by atoms with Crippen molar-refractivity contribution in [3.63, 3.8) is 0 Å². The molecule has 2 aliphatic heterocycles. The molecule has 1 spiro atoms. The van der Waals surface area contributed by atoms with Crippen LogP contribution in [0.15, 0.2) is 48.5 Å². The Morgan fingerprint density at radius 1 is 0.974 bits per heavy atom. The molecule has 1 unspecified atom stereocenters. The van der Waals surface area contributed by atoms with Crippen LogP contribution in [0.25, 0.3) is 0 Å². The van der Waals surface area contributed by atoms with Gasteiger partial charge in [0.15, 0.2) is 0 Å². The number of benzene rings is 2. The van der Waals surface area contributed by atoms with Crippen LogP contribution in [0.5, 0.6) is 5.75 Å². The zero-order valence-corrected chi connectivity index (χ0v) is 23.3. The van der Waals surface area contributed by atoms with Crippen molar-refractivity contribution in [2.24, 2.45) is 5.41 Å². The second-order valence-electron chi connectivity index (χ2n) is 11.5. The predicted octanol–water partition coefficient (Wildman–Crippen LogP) is 4.00. The molecule has 0 aromatic heterocycles. The van der Waals surface area contributed by atoms with Gasteiger partial charge < -0.3 is 24.4 Å². The molecule has 2 saturated heterocycles. The maximum atomic E-state index is 12.7. The van der Waals surface area contributed by atoms with Crippen LogP contribution in [0, 0.1) is 5.41 Å². The minimum absolute atomic E-state index is 0.0508. The van der Waals surface area contributed by atoms with Crippen LogP contribution in [0.2, 0.25) is 0 Å². The van der Waals surface area contributed by atoms with E-state index in [1.807, 2.05) is 35.2 Å². The summed E-state index contributed by atoms with van der Waals surface area (Å²) in [5.74, 6) is 0.407. The molecule has 2 aromatic rings. The number of rotatable bonds is 8. The molecule has 2 heterocycles. The lowest BCUT2D eigenvalue weighted by Gasteiger charge is -2.25. The quantitative estimate of drug-likeness (QED) is 0.509. The number of carbonyl (C=O) groups excluding carboxylic acids is 3. The van der Waals surface area contributed by atoms with Crippen molar-refractivity contribution in [3.8, 4) is 5.75 Å². The van der Waals surface area contributed by atoms with E-state index in [-0.39, 0.29) is 23.8 Å². The van der Waals surface area contributed by atoms with E-state index in [4.69, 9.17) is 14.2 Å². The summed E-state index contributed by atoms with van der Waals surface area (Å²) in [5, 5.41) is 2.58.